The van der Waals surface area contributed by atoms with Gasteiger partial charge in [-0.3, -0.25) is 14.8 Å². The minimum absolute atomic E-state index is 0.116. The Labute approximate surface area is 158 Å². The fourth-order valence-electron chi connectivity index (χ4n) is 2.61. The van der Waals surface area contributed by atoms with Crippen molar-refractivity contribution in [1.29, 1.82) is 0 Å². The molecule has 0 saturated heterocycles. The first-order chi connectivity index (χ1) is 12.0. The monoisotopic (exact) mass is 448 g/mol. The zero-order valence-corrected chi connectivity index (χ0v) is 15.9. The first kappa shape index (κ1) is 17.4. The molecule has 3 rings (SSSR count). The van der Waals surface area contributed by atoms with Gasteiger partial charge in [0.25, 0.3) is 5.91 Å². The lowest BCUT2D eigenvalue weighted by Gasteiger charge is -2.19. The van der Waals surface area contributed by atoms with Crippen molar-refractivity contribution in [3.05, 3.63) is 57.6 Å². The summed E-state index contributed by atoms with van der Waals surface area (Å²) < 4.78 is 6.35. The lowest BCUT2D eigenvalue weighted by atomic mass is 10.1. The Morgan fingerprint density at radius 1 is 1.32 bits per heavy atom. The first-order valence-electron chi connectivity index (χ1n) is 7.64. The molecule has 0 aliphatic heterocycles. The van der Waals surface area contributed by atoms with Crippen LogP contribution in [0.3, 0.4) is 0 Å². The number of anilines is 1. The van der Waals surface area contributed by atoms with E-state index >= 15 is 0 Å². The summed E-state index contributed by atoms with van der Waals surface area (Å²) in [5.74, 6) is 0.174. The maximum Gasteiger partial charge on any atom is 0.252 e. The number of amides is 1. The van der Waals surface area contributed by atoms with Gasteiger partial charge < -0.3 is 15.8 Å². The number of primary amides is 1. The molecule has 0 saturated carbocycles. The lowest BCUT2D eigenvalue weighted by Crippen LogP contribution is -2.17. The van der Waals surface area contributed by atoms with Crippen LogP contribution in [-0.2, 0) is 0 Å². The molecule has 0 radical (unpaired) electrons. The number of ether oxygens (including phenoxy) is 1. The summed E-state index contributed by atoms with van der Waals surface area (Å²) in [4.78, 5) is 20.6. The highest BCUT2D eigenvalue weighted by molar-refractivity contribution is 14.1. The zero-order chi connectivity index (χ0) is 18.0. The van der Waals surface area contributed by atoms with Crippen LogP contribution in [0.1, 0.15) is 29.0 Å². The van der Waals surface area contributed by atoms with Crippen LogP contribution in [0, 0.1) is 3.57 Å². The van der Waals surface area contributed by atoms with Crippen LogP contribution in [-0.4, -0.2) is 23.0 Å². The van der Waals surface area contributed by atoms with E-state index in [1.165, 1.54) is 6.20 Å². The van der Waals surface area contributed by atoms with E-state index in [0.717, 1.165) is 20.2 Å². The van der Waals surface area contributed by atoms with Crippen molar-refractivity contribution in [3.8, 4) is 5.75 Å². The Hall–Kier alpha value is -2.42. The number of nitrogens with one attached hydrogen (secondary N) is 1. The minimum Gasteiger partial charge on any atom is -0.496 e. The molecular formula is C18H17IN4O2. The van der Waals surface area contributed by atoms with E-state index in [1.54, 1.807) is 13.3 Å². The molecule has 0 bridgehead atoms. The second-order valence-electron chi connectivity index (χ2n) is 5.54. The van der Waals surface area contributed by atoms with Crippen molar-refractivity contribution >= 4 is 45.1 Å². The predicted molar refractivity (Wildman–Crippen MR) is 106 cm³/mol. The molecule has 0 aliphatic carbocycles. The standard InChI is InChI=1S/C18H17IN4O2/c1-10(14-5-3-4-6-21-14)23-17-11-7-16(25-2)13(19)8-15(11)22-9-12(17)18(20)24/h3-10H,1-2H3,(H2,20,24)(H,22,23)/t10-/m1/s1. The van der Waals surface area contributed by atoms with Gasteiger partial charge in [0, 0.05) is 17.8 Å². The van der Waals surface area contributed by atoms with Crippen LogP contribution in [0.2, 0.25) is 0 Å². The maximum absolute atomic E-state index is 11.9. The molecule has 1 amide bonds. The van der Waals surface area contributed by atoms with Gasteiger partial charge in [-0.2, -0.15) is 0 Å². The van der Waals surface area contributed by atoms with Gasteiger partial charge in [0.2, 0.25) is 0 Å². The Kier molecular flexibility index (Phi) is 5.03. The number of carbonyl (C=O) groups is 1. The van der Waals surface area contributed by atoms with E-state index in [1.807, 2.05) is 37.3 Å². The number of nitrogens with zero attached hydrogens (tertiary/aromatic N) is 2. The van der Waals surface area contributed by atoms with Crippen LogP contribution < -0.4 is 15.8 Å². The summed E-state index contributed by atoms with van der Waals surface area (Å²) in [7, 11) is 1.61. The van der Waals surface area contributed by atoms with Crippen LogP contribution in [0.15, 0.2) is 42.7 Å². The Bertz CT molecular complexity index is 931. The molecule has 25 heavy (non-hydrogen) atoms. The van der Waals surface area contributed by atoms with E-state index < -0.39 is 5.91 Å². The summed E-state index contributed by atoms with van der Waals surface area (Å²) in [6.45, 7) is 1.98. The molecule has 0 unspecified atom stereocenters. The summed E-state index contributed by atoms with van der Waals surface area (Å²) in [6, 6.07) is 9.37. The predicted octanol–water partition coefficient (Wildman–Crippen LogP) is 3.52. The highest BCUT2D eigenvalue weighted by Gasteiger charge is 2.18. The van der Waals surface area contributed by atoms with Gasteiger partial charge in [0.15, 0.2) is 0 Å². The quantitative estimate of drug-likeness (QED) is 0.584. The molecule has 1 aromatic carbocycles. The van der Waals surface area contributed by atoms with Crippen molar-refractivity contribution < 1.29 is 9.53 Å². The van der Waals surface area contributed by atoms with E-state index in [2.05, 4.69) is 37.9 Å². The van der Waals surface area contributed by atoms with Crippen LogP contribution >= 0.6 is 22.6 Å². The molecule has 128 valence electrons. The Morgan fingerprint density at radius 3 is 2.76 bits per heavy atom. The van der Waals surface area contributed by atoms with E-state index in [0.29, 0.717) is 17.0 Å². The van der Waals surface area contributed by atoms with Crippen molar-refractivity contribution in [3.63, 3.8) is 0 Å². The third-order valence-electron chi connectivity index (χ3n) is 3.90. The van der Waals surface area contributed by atoms with E-state index in [9.17, 15) is 4.79 Å². The molecule has 0 fully saturated rings. The highest BCUT2D eigenvalue weighted by atomic mass is 127. The summed E-state index contributed by atoms with van der Waals surface area (Å²) in [5.41, 5.74) is 8.13. The Morgan fingerprint density at radius 2 is 2.12 bits per heavy atom. The van der Waals surface area contributed by atoms with Gasteiger partial charge in [-0.05, 0) is 53.8 Å². The van der Waals surface area contributed by atoms with Gasteiger partial charge >= 0.3 is 0 Å². The van der Waals surface area contributed by atoms with E-state index in [4.69, 9.17) is 10.5 Å². The molecule has 3 N–H and O–H groups in total. The number of hydrogen-bond acceptors (Lipinski definition) is 5. The number of nitrogens with two attached hydrogens (primary N) is 1. The van der Waals surface area contributed by atoms with Gasteiger partial charge in [-0.25, -0.2) is 0 Å². The molecule has 0 spiro atoms. The average molecular weight is 448 g/mol. The summed E-state index contributed by atoms with van der Waals surface area (Å²) >= 11 is 2.19. The fraction of sp³-hybridized carbons (Fsp3) is 0.167. The second-order valence-corrected chi connectivity index (χ2v) is 6.70. The number of fused-ring (bicyclic) bond motifs is 1. The van der Waals surface area contributed by atoms with Gasteiger partial charge in [-0.15, -0.1) is 0 Å². The first-order valence-corrected chi connectivity index (χ1v) is 8.72. The van der Waals surface area contributed by atoms with E-state index in [-0.39, 0.29) is 6.04 Å². The number of methoxy groups -OCH3 is 1. The minimum atomic E-state index is -0.539. The largest absolute Gasteiger partial charge is 0.496 e. The van der Waals surface area contributed by atoms with Crippen molar-refractivity contribution in [2.45, 2.75) is 13.0 Å². The smallest absolute Gasteiger partial charge is 0.252 e. The van der Waals surface area contributed by atoms with Crippen LogP contribution in [0.4, 0.5) is 5.69 Å². The number of aromatic nitrogens is 2. The molecular weight excluding hydrogens is 431 g/mol. The third-order valence-corrected chi connectivity index (χ3v) is 4.74. The topological polar surface area (TPSA) is 90.1 Å². The fourth-order valence-corrected chi connectivity index (χ4v) is 3.29. The Balaban J connectivity index is 2.16. The molecule has 2 heterocycles. The summed E-state index contributed by atoms with van der Waals surface area (Å²) in [5, 5.41) is 4.13. The number of carbonyl (C=O) groups excluding carboxylic acids is 1. The molecule has 1 atom stereocenters. The number of halogens is 1. The highest BCUT2D eigenvalue weighted by Crippen LogP contribution is 2.34. The number of benzene rings is 1. The molecule has 3 aromatic rings. The number of hydrogen-bond donors (Lipinski definition) is 2. The van der Waals surface area contributed by atoms with Gasteiger partial charge in [-0.1, -0.05) is 6.07 Å². The normalized spacial score (nSPS) is 12.0. The SMILES string of the molecule is COc1cc2c(N[C@H](C)c3ccccn3)c(C(N)=O)cnc2cc1I. The van der Waals surface area contributed by atoms with Crippen molar-refractivity contribution in [2.75, 3.05) is 12.4 Å². The van der Waals surface area contributed by atoms with Crippen molar-refractivity contribution in [2.24, 2.45) is 5.73 Å². The molecule has 0 aliphatic rings. The zero-order valence-electron chi connectivity index (χ0n) is 13.8. The summed E-state index contributed by atoms with van der Waals surface area (Å²) in [6.07, 6.45) is 3.24. The van der Waals surface area contributed by atoms with Gasteiger partial charge in [0.05, 0.1) is 39.2 Å². The molecule has 7 heteroatoms. The third kappa shape index (κ3) is 3.51. The molecule has 6 nitrogen and oxygen atoms in total. The second kappa shape index (κ2) is 7.22. The van der Waals surface area contributed by atoms with Crippen LogP contribution in [0.5, 0.6) is 5.75 Å². The number of rotatable bonds is 5. The molecule has 2 aromatic heterocycles. The lowest BCUT2D eigenvalue weighted by molar-refractivity contribution is 0.100. The van der Waals surface area contributed by atoms with Gasteiger partial charge in [0.1, 0.15) is 5.75 Å². The maximum atomic E-state index is 11.9. The van der Waals surface area contributed by atoms with Crippen molar-refractivity contribution in [1.82, 2.24) is 9.97 Å². The average Bonchev–Trinajstić information content (AvgIpc) is 2.61. The number of pyridine rings is 2. The van der Waals surface area contributed by atoms with Crippen LogP contribution in [0.25, 0.3) is 10.9 Å².